The predicted molar refractivity (Wildman–Crippen MR) is 97.1 cm³/mol. The Balaban J connectivity index is 0.00000264. The lowest BCUT2D eigenvalue weighted by Gasteiger charge is -2.39. The van der Waals surface area contributed by atoms with Gasteiger partial charge in [0, 0.05) is 32.2 Å². The molecule has 1 aliphatic rings. The van der Waals surface area contributed by atoms with Gasteiger partial charge in [0.15, 0.2) is 0 Å². The van der Waals surface area contributed by atoms with Gasteiger partial charge in [-0.3, -0.25) is 4.79 Å². The third-order valence-corrected chi connectivity index (χ3v) is 4.04. The lowest BCUT2D eigenvalue weighted by molar-refractivity contribution is -0.135. The van der Waals surface area contributed by atoms with Crippen molar-refractivity contribution in [3.8, 4) is 0 Å². The van der Waals surface area contributed by atoms with E-state index in [2.05, 4.69) is 0 Å². The van der Waals surface area contributed by atoms with Gasteiger partial charge in [0.1, 0.15) is 11.6 Å². The van der Waals surface area contributed by atoms with Gasteiger partial charge in [0.05, 0.1) is 11.7 Å². The highest BCUT2D eigenvalue weighted by Gasteiger charge is 2.32. The molecule has 1 fully saturated rings. The highest BCUT2D eigenvalue weighted by Crippen LogP contribution is 2.23. The summed E-state index contributed by atoms with van der Waals surface area (Å²) in [6.07, 6.45) is 0. The molecule has 4 nitrogen and oxygen atoms in total. The Morgan fingerprint density at radius 3 is 2.17 bits per heavy atom. The first kappa shape index (κ1) is 22.9. The quantitative estimate of drug-likeness (QED) is 0.853. The molecule has 1 amide bonds. The van der Waals surface area contributed by atoms with Crippen molar-refractivity contribution in [3.05, 3.63) is 29.8 Å². The number of halogens is 4. The first-order chi connectivity index (χ1) is 10.2. The molecule has 1 aromatic carbocycles. The zero-order chi connectivity index (χ0) is 16.5. The number of piperazine rings is 1. The van der Waals surface area contributed by atoms with Crippen LogP contribution >= 0.6 is 24.8 Å². The summed E-state index contributed by atoms with van der Waals surface area (Å²) in [5.41, 5.74) is 5.94. The first-order valence-corrected chi connectivity index (χ1v) is 7.44. The SMILES string of the molecule is CC(C)(C)[C@H](N)C(=O)N1CCN(c2cc(F)ccc2F)CC1.Cl.Cl. The number of benzene rings is 1. The Kier molecular flexibility index (Phi) is 8.42. The smallest absolute Gasteiger partial charge is 0.240 e. The molecule has 0 aromatic heterocycles. The number of nitrogens with two attached hydrogens (primary N) is 1. The number of hydrogen-bond acceptors (Lipinski definition) is 3. The van der Waals surface area contributed by atoms with Crippen molar-refractivity contribution < 1.29 is 13.6 Å². The van der Waals surface area contributed by atoms with E-state index in [0.717, 1.165) is 12.1 Å². The van der Waals surface area contributed by atoms with E-state index >= 15 is 0 Å². The lowest BCUT2D eigenvalue weighted by atomic mass is 9.86. The van der Waals surface area contributed by atoms with E-state index in [0.29, 0.717) is 26.2 Å². The average molecular weight is 384 g/mol. The van der Waals surface area contributed by atoms with Crippen LogP contribution < -0.4 is 10.6 Å². The lowest BCUT2D eigenvalue weighted by Crippen LogP contribution is -2.56. The van der Waals surface area contributed by atoms with E-state index in [9.17, 15) is 13.6 Å². The summed E-state index contributed by atoms with van der Waals surface area (Å²) in [6.45, 7) is 7.61. The molecule has 0 radical (unpaired) electrons. The van der Waals surface area contributed by atoms with Gasteiger partial charge >= 0.3 is 0 Å². The molecule has 1 aromatic rings. The zero-order valence-corrected chi connectivity index (χ0v) is 15.7. The van der Waals surface area contributed by atoms with E-state index in [4.69, 9.17) is 5.73 Å². The van der Waals surface area contributed by atoms with Gasteiger partial charge in [-0.1, -0.05) is 20.8 Å². The third-order valence-electron chi connectivity index (χ3n) is 4.04. The predicted octanol–water partition coefficient (Wildman–Crippen LogP) is 2.83. The van der Waals surface area contributed by atoms with Gasteiger partial charge in [-0.25, -0.2) is 8.78 Å². The molecule has 0 aliphatic carbocycles. The maximum absolute atomic E-state index is 13.8. The fourth-order valence-electron chi connectivity index (χ4n) is 2.46. The molecule has 24 heavy (non-hydrogen) atoms. The van der Waals surface area contributed by atoms with E-state index in [1.54, 1.807) is 9.80 Å². The van der Waals surface area contributed by atoms with E-state index < -0.39 is 17.7 Å². The Morgan fingerprint density at radius 2 is 1.67 bits per heavy atom. The summed E-state index contributed by atoms with van der Waals surface area (Å²) in [5.74, 6) is -1.01. The third kappa shape index (κ3) is 5.19. The second-order valence-electron chi connectivity index (χ2n) is 6.75. The van der Waals surface area contributed by atoms with Gasteiger partial charge in [-0.2, -0.15) is 0 Å². The van der Waals surface area contributed by atoms with Crippen LogP contribution in [0, 0.1) is 17.0 Å². The molecule has 8 heteroatoms. The fourth-order valence-corrected chi connectivity index (χ4v) is 2.46. The van der Waals surface area contributed by atoms with Gasteiger partial charge in [-0.15, -0.1) is 24.8 Å². The monoisotopic (exact) mass is 383 g/mol. The highest BCUT2D eigenvalue weighted by atomic mass is 35.5. The van der Waals surface area contributed by atoms with Crippen LogP contribution in [-0.4, -0.2) is 43.0 Å². The van der Waals surface area contributed by atoms with Crippen LogP contribution in [-0.2, 0) is 4.79 Å². The largest absolute Gasteiger partial charge is 0.366 e. The number of nitrogens with zero attached hydrogens (tertiary/aromatic N) is 2. The minimum atomic E-state index is -0.565. The molecule has 1 aliphatic heterocycles. The molecular weight excluding hydrogens is 359 g/mol. The van der Waals surface area contributed by atoms with E-state index in [1.165, 1.54) is 6.07 Å². The second kappa shape index (κ2) is 8.83. The average Bonchev–Trinajstić information content (AvgIpc) is 2.47. The minimum absolute atomic E-state index is 0. The molecule has 0 saturated carbocycles. The van der Waals surface area contributed by atoms with Crippen LogP contribution in [0.2, 0.25) is 0 Å². The van der Waals surface area contributed by atoms with Crippen molar-refractivity contribution in [1.29, 1.82) is 0 Å². The molecule has 1 saturated heterocycles. The van der Waals surface area contributed by atoms with Crippen LogP contribution in [0.15, 0.2) is 18.2 Å². The molecule has 0 bridgehead atoms. The number of carbonyl (C=O) groups is 1. The summed E-state index contributed by atoms with van der Waals surface area (Å²) < 4.78 is 27.1. The number of hydrogen-bond donors (Lipinski definition) is 1. The molecule has 0 spiro atoms. The topological polar surface area (TPSA) is 49.6 Å². The Bertz CT molecular complexity index is 559. The summed E-state index contributed by atoms with van der Waals surface area (Å²) in [5, 5.41) is 0. The molecule has 2 N–H and O–H groups in total. The Labute approximate surface area is 154 Å². The fraction of sp³-hybridized carbons (Fsp3) is 0.562. The van der Waals surface area contributed by atoms with Crippen LogP contribution in [0.5, 0.6) is 0 Å². The molecule has 0 unspecified atom stereocenters. The highest BCUT2D eigenvalue weighted by molar-refractivity contribution is 5.85. The summed E-state index contributed by atoms with van der Waals surface area (Å²) in [7, 11) is 0. The zero-order valence-electron chi connectivity index (χ0n) is 14.1. The molecule has 138 valence electrons. The molecule has 1 atom stereocenters. The number of amides is 1. The van der Waals surface area contributed by atoms with Crippen LogP contribution in [0.1, 0.15) is 20.8 Å². The first-order valence-electron chi connectivity index (χ1n) is 7.44. The molecule has 1 heterocycles. The number of anilines is 1. The normalized spacial score (nSPS) is 16.1. The van der Waals surface area contributed by atoms with Gasteiger partial charge in [0.2, 0.25) is 5.91 Å². The van der Waals surface area contributed by atoms with Gasteiger partial charge in [0.25, 0.3) is 0 Å². The van der Waals surface area contributed by atoms with Crippen LogP contribution in [0.25, 0.3) is 0 Å². The summed E-state index contributed by atoms with van der Waals surface area (Å²) >= 11 is 0. The van der Waals surface area contributed by atoms with Crippen LogP contribution in [0.4, 0.5) is 14.5 Å². The number of rotatable bonds is 2. The van der Waals surface area contributed by atoms with E-state index in [-0.39, 0.29) is 41.8 Å². The Hall–Kier alpha value is -1.11. The molecule has 2 rings (SSSR count). The minimum Gasteiger partial charge on any atom is -0.366 e. The van der Waals surface area contributed by atoms with Crippen molar-refractivity contribution in [2.75, 3.05) is 31.1 Å². The Morgan fingerprint density at radius 1 is 1.12 bits per heavy atom. The summed E-state index contributed by atoms with van der Waals surface area (Å²) in [6, 6.07) is 2.84. The maximum Gasteiger partial charge on any atom is 0.240 e. The van der Waals surface area contributed by atoms with Crippen molar-refractivity contribution in [2.45, 2.75) is 26.8 Å². The van der Waals surface area contributed by atoms with Crippen molar-refractivity contribution in [1.82, 2.24) is 4.90 Å². The standard InChI is InChI=1S/C16H23F2N3O.2ClH/c1-16(2,3)14(19)15(22)21-8-6-20(7-9-21)13-10-11(17)4-5-12(13)18;;/h4-5,10,14H,6-9,19H2,1-3H3;2*1H/t14-;;/m1../s1. The van der Waals surface area contributed by atoms with Gasteiger partial charge < -0.3 is 15.5 Å². The summed E-state index contributed by atoms with van der Waals surface area (Å²) in [4.78, 5) is 15.8. The molecular formula is C16H25Cl2F2N3O. The van der Waals surface area contributed by atoms with Crippen LogP contribution in [0.3, 0.4) is 0 Å². The van der Waals surface area contributed by atoms with Crippen molar-refractivity contribution in [2.24, 2.45) is 11.1 Å². The van der Waals surface area contributed by atoms with Crippen molar-refractivity contribution in [3.63, 3.8) is 0 Å². The van der Waals surface area contributed by atoms with Crippen molar-refractivity contribution >= 4 is 36.4 Å². The number of carbonyl (C=O) groups excluding carboxylic acids is 1. The maximum atomic E-state index is 13.8. The van der Waals surface area contributed by atoms with Gasteiger partial charge in [-0.05, 0) is 17.5 Å². The van der Waals surface area contributed by atoms with E-state index in [1.807, 2.05) is 20.8 Å². The second-order valence-corrected chi connectivity index (χ2v) is 6.75.